The summed E-state index contributed by atoms with van der Waals surface area (Å²) in [6, 6.07) is 2.12. The van der Waals surface area contributed by atoms with Gasteiger partial charge in [0.25, 0.3) is 0 Å². The fraction of sp³-hybridized carbons (Fsp3) is 0.625. The van der Waals surface area contributed by atoms with Gasteiger partial charge in [-0.05, 0) is 26.3 Å². The predicted octanol–water partition coefficient (Wildman–Crippen LogP) is 3.01. The van der Waals surface area contributed by atoms with Crippen LogP contribution in [0.4, 0.5) is 5.82 Å². The van der Waals surface area contributed by atoms with Crippen LogP contribution in [0.1, 0.15) is 46.7 Å². The molecule has 1 N–H and O–H groups in total. The summed E-state index contributed by atoms with van der Waals surface area (Å²) in [7, 11) is 0. The third kappa shape index (κ3) is 2.50. The molecule has 3 heterocycles. The topological polar surface area (TPSA) is 51.5 Å². The molecule has 3 rings (SSSR count). The summed E-state index contributed by atoms with van der Waals surface area (Å²) in [5.74, 6) is 0.875. The lowest BCUT2D eigenvalue weighted by atomic mass is 9.92. The smallest absolute Gasteiger partial charge is 0.152 e. The minimum absolute atomic E-state index is 0.0248. The molecular weight excluding hydrogens is 264 g/mol. The van der Waals surface area contributed by atoms with Crippen LogP contribution in [0.3, 0.4) is 0 Å². The van der Waals surface area contributed by atoms with Gasteiger partial charge in [-0.3, -0.25) is 0 Å². The molecule has 0 aromatic carbocycles. The number of fused-ring (bicyclic) bond motifs is 1. The van der Waals surface area contributed by atoms with Gasteiger partial charge in [0.1, 0.15) is 5.52 Å². The summed E-state index contributed by atoms with van der Waals surface area (Å²) in [6.45, 7) is 11.6. The molecule has 0 spiro atoms. The van der Waals surface area contributed by atoms with E-state index in [2.05, 4.69) is 56.1 Å². The zero-order valence-corrected chi connectivity index (χ0v) is 13.5. The van der Waals surface area contributed by atoms with Gasteiger partial charge in [-0.1, -0.05) is 20.8 Å². The van der Waals surface area contributed by atoms with Gasteiger partial charge in [-0.25, -0.2) is 9.50 Å². The van der Waals surface area contributed by atoms with Crippen molar-refractivity contribution in [3.05, 3.63) is 24.2 Å². The van der Waals surface area contributed by atoms with Gasteiger partial charge in [0, 0.05) is 24.4 Å². The molecule has 21 heavy (non-hydrogen) atoms. The summed E-state index contributed by atoms with van der Waals surface area (Å²) in [6.07, 6.45) is 4.84. The molecule has 5 heteroatoms. The molecule has 1 saturated heterocycles. The van der Waals surface area contributed by atoms with Crippen molar-refractivity contribution in [2.75, 3.05) is 11.9 Å². The summed E-state index contributed by atoms with van der Waals surface area (Å²) in [5, 5.41) is 8.24. The Hall–Kier alpha value is -1.62. The molecule has 2 unspecified atom stereocenters. The van der Waals surface area contributed by atoms with E-state index >= 15 is 0 Å². The first kappa shape index (κ1) is 14.3. The van der Waals surface area contributed by atoms with Crippen LogP contribution in [0.5, 0.6) is 0 Å². The van der Waals surface area contributed by atoms with E-state index in [-0.39, 0.29) is 17.1 Å². The van der Waals surface area contributed by atoms with Crippen molar-refractivity contribution in [2.24, 2.45) is 0 Å². The van der Waals surface area contributed by atoms with Gasteiger partial charge in [-0.2, -0.15) is 5.10 Å². The Kier molecular flexibility index (Phi) is 3.20. The van der Waals surface area contributed by atoms with E-state index in [9.17, 15) is 0 Å². The molecule has 1 aliphatic heterocycles. The van der Waals surface area contributed by atoms with E-state index in [1.54, 1.807) is 6.20 Å². The molecule has 2 aromatic heterocycles. The van der Waals surface area contributed by atoms with Gasteiger partial charge in [0.05, 0.1) is 17.3 Å². The number of hydrogen-bond acceptors (Lipinski definition) is 4. The first-order chi connectivity index (χ1) is 9.79. The first-order valence-electron chi connectivity index (χ1n) is 7.54. The number of anilines is 1. The lowest BCUT2D eigenvalue weighted by Crippen LogP contribution is -2.41. The Bertz CT molecular complexity index is 658. The molecule has 0 amide bonds. The summed E-state index contributed by atoms with van der Waals surface area (Å²) in [5.41, 5.74) is 2.03. The molecule has 0 saturated carbocycles. The quantitative estimate of drug-likeness (QED) is 0.923. The SMILES string of the molecule is CC1OCCC1(C)Nc1nccn2nc(C(C)(C)C)cc12. The van der Waals surface area contributed by atoms with Crippen molar-refractivity contribution in [1.82, 2.24) is 14.6 Å². The lowest BCUT2D eigenvalue weighted by Gasteiger charge is -2.29. The Morgan fingerprint density at radius 1 is 1.43 bits per heavy atom. The van der Waals surface area contributed by atoms with Crippen LogP contribution in [-0.4, -0.2) is 32.8 Å². The molecule has 5 nitrogen and oxygen atoms in total. The number of nitrogens with one attached hydrogen (secondary N) is 1. The molecule has 0 bridgehead atoms. The highest BCUT2D eigenvalue weighted by molar-refractivity contribution is 5.69. The van der Waals surface area contributed by atoms with Gasteiger partial charge >= 0.3 is 0 Å². The third-order valence-electron chi connectivity index (χ3n) is 4.45. The second kappa shape index (κ2) is 4.70. The monoisotopic (exact) mass is 288 g/mol. The van der Waals surface area contributed by atoms with Gasteiger partial charge in [0.15, 0.2) is 5.82 Å². The van der Waals surface area contributed by atoms with E-state index in [1.807, 2.05) is 10.7 Å². The van der Waals surface area contributed by atoms with Crippen LogP contribution in [0.2, 0.25) is 0 Å². The number of ether oxygens (including phenoxy) is 1. The summed E-state index contributed by atoms with van der Waals surface area (Å²) < 4.78 is 7.60. The molecule has 2 atom stereocenters. The minimum Gasteiger partial charge on any atom is -0.376 e. The van der Waals surface area contributed by atoms with E-state index < -0.39 is 0 Å². The molecule has 114 valence electrons. The van der Waals surface area contributed by atoms with Crippen LogP contribution in [0.15, 0.2) is 18.5 Å². The van der Waals surface area contributed by atoms with E-state index in [4.69, 9.17) is 4.74 Å². The maximum Gasteiger partial charge on any atom is 0.152 e. The van der Waals surface area contributed by atoms with Crippen molar-refractivity contribution in [3.63, 3.8) is 0 Å². The van der Waals surface area contributed by atoms with Crippen molar-refractivity contribution < 1.29 is 4.74 Å². The predicted molar refractivity (Wildman–Crippen MR) is 83.7 cm³/mol. The van der Waals surface area contributed by atoms with Gasteiger partial charge in [-0.15, -0.1) is 0 Å². The highest BCUT2D eigenvalue weighted by Crippen LogP contribution is 2.31. The Morgan fingerprint density at radius 2 is 2.19 bits per heavy atom. The van der Waals surface area contributed by atoms with Crippen molar-refractivity contribution >= 4 is 11.3 Å². The van der Waals surface area contributed by atoms with Crippen LogP contribution in [-0.2, 0) is 10.2 Å². The Morgan fingerprint density at radius 3 is 2.81 bits per heavy atom. The number of aromatic nitrogens is 3. The standard InChI is InChI=1S/C16H24N4O/c1-11-16(5,6-9-21-11)18-14-12-10-13(15(2,3)4)19-20(12)8-7-17-14/h7-8,10-11H,6,9H2,1-5H3,(H,17,18). The van der Waals surface area contributed by atoms with Crippen molar-refractivity contribution in [1.29, 1.82) is 0 Å². The summed E-state index contributed by atoms with van der Waals surface area (Å²) >= 11 is 0. The average molecular weight is 288 g/mol. The Labute approximate surface area is 125 Å². The normalized spacial score (nSPS) is 26.4. The molecule has 1 aliphatic rings. The highest BCUT2D eigenvalue weighted by Gasteiger charge is 2.37. The zero-order valence-electron chi connectivity index (χ0n) is 13.5. The van der Waals surface area contributed by atoms with Crippen LogP contribution < -0.4 is 5.32 Å². The highest BCUT2D eigenvalue weighted by atomic mass is 16.5. The van der Waals surface area contributed by atoms with Crippen LogP contribution in [0.25, 0.3) is 5.52 Å². The third-order valence-corrected chi connectivity index (χ3v) is 4.45. The molecular formula is C16H24N4O. The lowest BCUT2D eigenvalue weighted by molar-refractivity contribution is 0.105. The molecule has 0 radical (unpaired) electrons. The van der Waals surface area contributed by atoms with E-state index in [0.717, 1.165) is 30.1 Å². The Balaban J connectivity index is 2.01. The fourth-order valence-electron chi connectivity index (χ4n) is 2.65. The number of nitrogens with zero attached hydrogens (tertiary/aromatic N) is 3. The minimum atomic E-state index is -0.0823. The van der Waals surface area contributed by atoms with E-state index in [0.29, 0.717) is 0 Å². The fourth-order valence-corrected chi connectivity index (χ4v) is 2.65. The number of hydrogen-bond donors (Lipinski definition) is 1. The van der Waals surface area contributed by atoms with Crippen molar-refractivity contribution in [3.8, 4) is 0 Å². The van der Waals surface area contributed by atoms with Crippen LogP contribution in [0, 0.1) is 0 Å². The zero-order chi connectivity index (χ0) is 15.3. The van der Waals surface area contributed by atoms with Gasteiger partial charge < -0.3 is 10.1 Å². The maximum absolute atomic E-state index is 5.70. The average Bonchev–Trinajstić information content (AvgIpc) is 2.95. The second-order valence-corrected chi connectivity index (χ2v) is 7.19. The van der Waals surface area contributed by atoms with Crippen molar-refractivity contribution in [2.45, 2.75) is 58.1 Å². The van der Waals surface area contributed by atoms with Gasteiger partial charge in [0.2, 0.25) is 0 Å². The number of rotatable bonds is 2. The molecule has 2 aromatic rings. The van der Waals surface area contributed by atoms with Crippen LogP contribution >= 0.6 is 0 Å². The summed E-state index contributed by atoms with van der Waals surface area (Å²) in [4.78, 5) is 4.52. The molecule has 0 aliphatic carbocycles. The van der Waals surface area contributed by atoms with E-state index in [1.165, 1.54) is 0 Å². The molecule has 1 fully saturated rings. The maximum atomic E-state index is 5.70. The largest absolute Gasteiger partial charge is 0.376 e. The first-order valence-corrected chi connectivity index (χ1v) is 7.54. The second-order valence-electron chi connectivity index (χ2n) is 7.19.